The van der Waals surface area contributed by atoms with Crippen LogP contribution >= 0.6 is 0 Å². The monoisotopic (exact) mass is 221 g/mol. The highest BCUT2D eigenvalue weighted by atomic mass is 19.1. The molecule has 0 unspecified atom stereocenters. The van der Waals surface area contributed by atoms with Crippen molar-refractivity contribution in [2.24, 2.45) is 5.73 Å². The first kappa shape index (κ1) is 10.9. The predicted octanol–water partition coefficient (Wildman–Crippen LogP) is 2.08. The quantitative estimate of drug-likeness (QED) is 0.834. The summed E-state index contributed by atoms with van der Waals surface area (Å²) < 4.78 is 18.1. The van der Waals surface area contributed by atoms with Crippen LogP contribution in [0.1, 0.15) is 11.9 Å². The molecule has 2 rings (SSSR count). The second kappa shape index (κ2) is 4.47. The van der Waals surface area contributed by atoms with E-state index in [1.54, 1.807) is 24.3 Å². The maximum Gasteiger partial charge on any atom is 0.134 e. The molecule has 0 aliphatic heterocycles. The van der Waals surface area contributed by atoms with Crippen LogP contribution in [0.3, 0.4) is 0 Å². The van der Waals surface area contributed by atoms with E-state index in [-0.39, 0.29) is 12.4 Å². The average Bonchev–Trinajstić information content (AvgIpc) is 2.78. The van der Waals surface area contributed by atoms with Gasteiger partial charge in [-0.25, -0.2) is 4.39 Å². The van der Waals surface area contributed by atoms with E-state index in [1.807, 2.05) is 0 Å². The molecule has 0 saturated heterocycles. The summed E-state index contributed by atoms with van der Waals surface area (Å²) in [6.45, 7) is 0.108. The van der Waals surface area contributed by atoms with E-state index in [2.05, 4.69) is 0 Å². The minimum absolute atomic E-state index is 0.108. The fourth-order valence-electron chi connectivity index (χ4n) is 1.42. The molecule has 16 heavy (non-hydrogen) atoms. The predicted molar refractivity (Wildman–Crippen MR) is 58.1 cm³/mol. The molecule has 1 atom stereocenters. The van der Waals surface area contributed by atoms with Crippen LogP contribution in [0.2, 0.25) is 0 Å². The molecule has 4 heteroatoms. The molecule has 2 aromatic rings. The van der Waals surface area contributed by atoms with Crippen molar-refractivity contribution in [2.45, 2.75) is 6.10 Å². The standard InChI is InChI=1S/C12H12FNO2/c13-9-3-1-8(2-4-9)11-5-6-12(16-11)10(15)7-14/h1-6,10,15H,7,14H2/t10-/m1/s1. The summed E-state index contributed by atoms with van der Waals surface area (Å²) in [5.41, 5.74) is 6.07. The third-order valence-corrected chi connectivity index (χ3v) is 2.31. The lowest BCUT2D eigenvalue weighted by Crippen LogP contribution is -2.10. The van der Waals surface area contributed by atoms with Gasteiger partial charge in [-0.05, 0) is 36.4 Å². The number of furan rings is 1. The second-order valence-electron chi connectivity index (χ2n) is 3.46. The highest BCUT2D eigenvalue weighted by molar-refractivity contribution is 5.57. The van der Waals surface area contributed by atoms with Crippen molar-refractivity contribution in [2.75, 3.05) is 6.54 Å². The summed E-state index contributed by atoms with van der Waals surface area (Å²) in [5, 5.41) is 9.45. The van der Waals surface area contributed by atoms with Crippen LogP contribution in [0.4, 0.5) is 4.39 Å². The van der Waals surface area contributed by atoms with Crippen molar-refractivity contribution in [1.29, 1.82) is 0 Å². The lowest BCUT2D eigenvalue weighted by atomic mass is 10.2. The normalized spacial score (nSPS) is 12.7. The van der Waals surface area contributed by atoms with Crippen molar-refractivity contribution >= 4 is 0 Å². The third-order valence-electron chi connectivity index (χ3n) is 2.31. The number of aliphatic hydroxyl groups excluding tert-OH is 1. The summed E-state index contributed by atoms with van der Waals surface area (Å²) in [7, 11) is 0. The van der Waals surface area contributed by atoms with Crippen LogP contribution in [0, 0.1) is 5.82 Å². The number of nitrogens with two attached hydrogens (primary N) is 1. The molecule has 0 aliphatic rings. The average molecular weight is 221 g/mol. The van der Waals surface area contributed by atoms with E-state index in [9.17, 15) is 9.50 Å². The third kappa shape index (κ3) is 2.13. The van der Waals surface area contributed by atoms with Crippen molar-refractivity contribution in [3.8, 4) is 11.3 Å². The van der Waals surface area contributed by atoms with E-state index in [0.29, 0.717) is 11.5 Å². The first-order valence-electron chi connectivity index (χ1n) is 4.94. The summed E-state index contributed by atoms with van der Waals surface area (Å²) in [6.07, 6.45) is -0.797. The Morgan fingerprint density at radius 1 is 1.19 bits per heavy atom. The van der Waals surface area contributed by atoms with E-state index >= 15 is 0 Å². The Bertz CT molecular complexity index is 464. The largest absolute Gasteiger partial charge is 0.458 e. The molecule has 3 nitrogen and oxygen atoms in total. The van der Waals surface area contributed by atoms with Crippen molar-refractivity contribution in [3.63, 3.8) is 0 Å². The summed E-state index contributed by atoms with van der Waals surface area (Å²) in [4.78, 5) is 0. The Hall–Kier alpha value is -1.65. The number of benzene rings is 1. The Morgan fingerprint density at radius 3 is 2.50 bits per heavy atom. The number of hydrogen-bond donors (Lipinski definition) is 2. The number of halogens is 1. The van der Waals surface area contributed by atoms with Gasteiger partial charge in [-0.2, -0.15) is 0 Å². The molecule has 3 N–H and O–H groups in total. The maximum absolute atomic E-state index is 12.7. The molecule has 0 radical (unpaired) electrons. The van der Waals surface area contributed by atoms with Gasteiger partial charge in [0.25, 0.3) is 0 Å². The Kier molecular flexibility index (Phi) is 3.03. The Morgan fingerprint density at radius 2 is 1.88 bits per heavy atom. The zero-order valence-corrected chi connectivity index (χ0v) is 8.56. The highest BCUT2D eigenvalue weighted by Gasteiger charge is 2.11. The van der Waals surface area contributed by atoms with Gasteiger partial charge in [0.1, 0.15) is 23.4 Å². The molecule has 1 aromatic heterocycles. The molecule has 0 bridgehead atoms. The fourth-order valence-corrected chi connectivity index (χ4v) is 1.42. The SMILES string of the molecule is NC[C@@H](O)c1ccc(-c2ccc(F)cc2)o1. The minimum atomic E-state index is -0.797. The fraction of sp³-hybridized carbons (Fsp3) is 0.167. The molecule has 0 amide bonds. The first-order valence-corrected chi connectivity index (χ1v) is 4.94. The molecule has 1 aromatic carbocycles. The molecule has 84 valence electrons. The number of hydrogen-bond acceptors (Lipinski definition) is 3. The number of rotatable bonds is 3. The van der Waals surface area contributed by atoms with Crippen molar-refractivity contribution in [1.82, 2.24) is 0 Å². The smallest absolute Gasteiger partial charge is 0.134 e. The molecule has 0 aliphatic carbocycles. The molecular weight excluding hydrogens is 209 g/mol. The van der Waals surface area contributed by atoms with Gasteiger partial charge in [0.05, 0.1) is 0 Å². The van der Waals surface area contributed by atoms with Crippen LogP contribution in [0.15, 0.2) is 40.8 Å². The van der Waals surface area contributed by atoms with Gasteiger partial charge in [-0.15, -0.1) is 0 Å². The van der Waals surface area contributed by atoms with Crippen molar-refractivity contribution < 1.29 is 13.9 Å². The van der Waals surface area contributed by atoms with Gasteiger partial charge >= 0.3 is 0 Å². The molecule has 0 spiro atoms. The zero-order valence-electron chi connectivity index (χ0n) is 8.56. The lowest BCUT2D eigenvalue weighted by Gasteiger charge is -2.02. The zero-order chi connectivity index (χ0) is 11.5. The molecular formula is C12H12FNO2. The Labute approximate surface area is 92.3 Å². The van der Waals surface area contributed by atoms with Crippen LogP contribution in [0.5, 0.6) is 0 Å². The van der Waals surface area contributed by atoms with Crippen LogP contribution in [-0.2, 0) is 0 Å². The lowest BCUT2D eigenvalue weighted by molar-refractivity contribution is 0.159. The highest BCUT2D eigenvalue weighted by Crippen LogP contribution is 2.25. The number of aliphatic hydroxyl groups is 1. The van der Waals surface area contributed by atoms with E-state index in [4.69, 9.17) is 10.2 Å². The minimum Gasteiger partial charge on any atom is -0.458 e. The topological polar surface area (TPSA) is 59.4 Å². The van der Waals surface area contributed by atoms with Crippen LogP contribution in [0.25, 0.3) is 11.3 Å². The van der Waals surface area contributed by atoms with E-state index in [0.717, 1.165) is 5.56 Å². The van der Waals surface area contributed by atoms with Crippen LogP contribution < -0.4 is 5.73 Å². The van der Waals surface area contributed by atoms with Crippen molar-refractivity contribution in [3.05, 3.63) is 48.0 Å². The maximum atomic E-state index is 12.7. The summed E-state index contributed by atoms with van der Waals surface area (Å²) in [6, 6.07) is 9.34. The first-order chi connectivity index (χ1) is 7.70. The van der Waals surface area contributed by atoms with E-state index in [1.165, 1.54) is 12.1 Å². The van der Waals surface area contributed by atoms with Gasteiger partial charge in [-0.3, -0.25) is 0 Å². The molecule has 0 fully saturated rings. The summed E-state index contributed by atoms with van der Waals surface area (Å²) in [5.74, 6) is 0.710. The van der Waals surface area contributed by atoms with Gasteiger partial charge in [0.15, 0.2) is 0 Å². The second-order valence-corrected chi connectivity index (χ2v) is 3.46. The van der Waals surface area contributed by atoms with Gasteiger partial charge in [0.2, 0.25) is 0 Å². The van der Waals surface area contributed by atoms with Gasteiger partial charge in [0, 0.05) is 12.1 Å². The van der Waals surface area contributed by atoms with Crippen LogP contribution in [-0.4, -0.2) is 11.7 Å². The Balaban J connectivity index is 2.28. The van der Waals surface area contributed by atoms with Gasteiger partial charge in [-0.1, -0.05) is 0 Å². The molecule has 1 heterocycles. The van der Waals surface area contributed by atoms with E-state index < -0.39 is 6.10 Å². The molecule has 0 saturated carbocycles. The van der Waals surface area contributed by atoms with Gasteiger partial charge < -0.3 is 15.3 Å². The summed E-state index contributed by atoms with van der Waals surface area (Å²) >= 11 is 0.